The number of carbonyl (C=O) groups is 2. The van der Waals surface area contributed by atoms with Crippen molar-refractivity contribution < 1.29 is 18.7 Å². The van der Waals surface area contributed by atoms with Gasteiger partial charge in [-0.2, -0.15) is 5.26 Å². The van der Waals surface area contributed by atoms with E-state index < -0.39 is 17.8 Å². The van der Waals surface area contributed by atoms with Crippen molar-refractivity contribution in [3.8, 4) is 11.1 Å². The molecule has 1 aliphatic rings. The molecule has 1 N–H and O–H groups in total. The van der Waals surface area contributed by atoms with Crippen LogP contribution in [0.25, 0.3) is 0 Å². The summed E-state index contributed by atoms with van der Waals surface area (Å²) in [5.41, 5.74) is 1.28. The quantitative estimate of drug-likeness (QED) is 0.519. The molecule has 4 rings (SSSR count). The van der Waals surface area contributed by atoms with Crippen molar-refractivity contribution in [2.24, 2.45) is 5.92 Å². The first-order valence-electron chi connectivity index (χ1n) is 10.9. The van der Waals surface area contributed by atoms with E-state index in [4.69, 9.17) is 10.00 Å². The molecular formula is C26H24FN3O3S. The number of anilines is 1. The van der Waals surface area contributed by atoms with Crippen LogP contribution in [0.5, 0.6) is 5.06 Å². The summed E-state index contributed by atoms with van der Waals surface area (Å²) >= 11 is 1.39. The second-order valence-corrected chi connectivity index (χ2v) is 9.60. The Morgan fingerprint density at radius 3 is 2.68 bits per heavy atom. The molecule has 1 aliphatic heterocycles. The van der Waals surface area contributed by atoms with Crippen LogP contribution in [0.2, 0.25) is 0 Å². The van der Waals surface area contributed by atoms with Crippen molar-refractivity contribution in [1.82, 2.24) is 4.90 Å². The molecule has 0 saturated carbocycles. The zero-order chi connectivity index (χ0) is 24.4. The van der Waals surface area contributed by atoms with E-state index in [9.17, 15) is 14.0 Å². The summed E-state index contributed by atoms with van der Waals surface area (Å²) in [6.45, 7) is 4.52. The second-order valence-electron chi connectivity index (χ2n) is 8.52. The number of nitrogens with zero attached hydrogens (tertiary/aromatic N) is 2. The van der Waals surface area contributed by atoms with Crippen LogP contribution in [0.1, 0.15) is 52.2 Å². The van der Waals surface area contributed by atoms with Crippen molar-refractivity contribution in [3.63, 3.8) is 0 Å². The molecule has 174 valence electrons. The monoisotopic (exact) mass is 477 g/mol. The molecule has 0 fully saturated rings. The second kappa shape index (κ2) is 9.65. The van der Waals surface area contributed by atoms with Gasteiger partial charge in [0.2, 0.25) is 5.91 Å². The Morgan fingerprint density at radius 1 is 1.24 bits per heavy atom. The van der Waals surface area contributed by atoms with Gasteiger partial charge in [0.15, 0.2) is 5.06 Å². The van der Waals surface area contributed by atoms with Crippen molar-refractivity contribution in [3.05, 3.63) is 82.0 Å². The van der Waals surface area contributed by atoms with Gasteiger partial charge in [0, 0.05) is 22.7 Å². The maximum Gasteiger partial charge on any atom is 0.254 e. The van der Waals surface area contributed by atoms with E-state index in [2.05, 4.69) is 5.32 Å². The summed E-state index contributed by atoms with van der Waals surface area (Å²) in [4.78, 5) is 29.9. The van der Waals surface area contributed by atoms with Crippen LogP contribution < -0.4 is 10.1 Å². The first kappa shape index (κ1) is 23.5. The molecule has 6 nitrogen and oxygen atoms in total. The van der Waals surface area contributed by atoms with Crippen molar-refractivity contribution in [1.29, 1.82) is 5.26 Å². The molecule has 2 heterocycles. The lowest BCUT2D eigenvalue weighted by atomic mass is 9.81. The molecule has 34 heavy (non-hydrogen) atoms. The lowest BCUT2D eigenvalue weighted by Crippen LogP contribution is -2.47. The van der Waals surface area contributed by atoms with Gasteiger partial charge in [-0.3, -0.25) is 9.59 Å². The zero-order valence-corrected chi connectivity index (χ0v) is 19.9. The molecule has 1 aromatic heterocycles. The highest BCUT2D eigenvalue weighted by Gasteiger charge is 2.45. The van der Waals surface area contributed by atoms with Crippen molar-refractivity contribution in [2.45, 2.75) is 25.8 Å². The number of carbonyl (C=O) groups excluding carboxylic acids is 2. The molecule has 0 radical (unpaired) electrons. The van der Waals surface area contributed by atoms with Crippen LogP contribution in [0.3, 0.4) is 0 Å². The molecule has 0 saturated heterocycles. The fraction of sp³-hybridized carbons (Fsp3) is 0.269. The fourth-order valence-electron chi connectivity index (χ4n) is 4.30. The highest BCUT2D eigenvalue weighted by molar-refractivity contribution is 7.13. The molecule has 0 bridgehead atoms. The van der Waals surface area contributed by atoms with E-state index in [1.54, 1.807) is 36.3 Å². The minimum atomic E-state index is -0.716. The van der Waals surface area contributed by atoms with Gasteiger partial charge in [0.05, 0.1) is 24.6 Å². The number of hydrogen-bond donors (Lipinski definition) is 1. The number of hydrogen-bond acceptors (Lipinski definition) is 5. The lowest BCUT2D eigenvalue weighted by molar-refractivity contribution is -0.119. The van der Waals surface area contributed by atoms with E-state index in [0.29, 0.717) is 28.4 Å². The minimum Gasteiger partial charge on any atom is -0.487 e. The maximum atomic E-state index is 13.8. The number of fused-ring (bicyclic) bond motifs is 1. The predicted molar refractivity (Wildman–Crippen MR) is 128 cm³/mol. The Labute approximate surface area is 201 Å². The Morgan fingerprint density at radius 2 is 2.00 bits per heavy atom. The van der Waals surface area contributed by atoms with Crippen LogP contribution >= 0.6 is 11.3 Å². The largest absolute Gasteiger partial charge is 0.487 e. The van der Waals surface area contributed by atoms with Gasteiger partial charge in [0.25, 0.3) is 5.91 Å². The van der Waals surface area contributed by atoms with Crippen LogP contribution in [0, 0.1) is 23.1 Å². The zero-order valence-electron chi connectivity index (χ0n) is 19.0. The van der Waals surface area contributed by atoms with E-state index in [1.807, 2.05) is 32.0 Å². The summed E-state index contributed by atoms with van der Waals surface area (Å²) in [5, 5.41) is 12.7. The normalized spacial score (nSPS) is 17.3. The number of thiophene rings is 1. The molecule has 2 aromatic carbocycles. The smallest absolute Gasteiger partial charge is 0.254 e. The number of ether oxygens (including phenoxy) is 1. The van der Waals surface area contributed by atoms with E-state index in [-0.39, 0.29) is 23.3 Å². The Bertz CT molecular complexity index is 1280. The van der Waals surface area contributed by atoms with Gasteiger partial charge >= 0.3 is 0 Å². The van der Waals surface area contributed by atoms with Crippen molar-refractivity contribution in [2.75, 3.05) is 19.0 Å². The number of rotatable bonds is 6. The summed E-state index contributed by atoms with van der Waals surface area (Å²) in [7, 11) is 1.58. The van der Waals surface area contributed by atoms with Gasteiger partial charge in [0.1, 0.15) is 11.9 Å². The van der Waals surface area contributed by atoms with Crippen LogP contribution in [-0.4, -0.2) is 30.4 Å². The highest BCUT2D eigenvalue weighted by Crippen LogP contribution is 2.46. The molecular weight excluding hydrogens is 453 g/mol. The highest BCUT2D eigenvalue weighted by atomic mass is 32.1. The standard InChI is InChI=1S/C26H24FN3O3S/c1-15(2)14-30-24(21-10-11-22(33-3)34-21)23(18-6-4-5-7-19(18)26(30)32)25(31)29-17-8-9-20(27)16(12-17)13-28/h4-12,15,23-24H,14H2,1-3H3,(H,29,31)/t23-,24+/m0/s1. The average molecular weight is 478 g/mol. The molecule has 8 heteroatoms. The Hall–Kier alpha value is -3.70. The first-order chi connectivity index (χ1) is 16.3. The lowest BCUT2D eigenvalue weighted by Gasteiger charge is -2.42. The maximum absolute atomic E-state index is 13.8. The summed E-state index contributed by atoms with van der Waals surface area (Å²) in [6, 6.07) is 16.0. The summed E-state index contributed by atoms with van der Waals surface area (Å²) < 4.78 is 19.2. The van der Waals surface area contributed by atoms with Crippen LogP contribution in [-0.2, 0) is 4.79 Å². The molecule has 2 atom stereocenters. The number of benzene rings is 2. The van der Waals surface area contributed by atoms with Crippen LogP contribution in [0.15, 0.2) is 54.6 Å². The molecule has 2 amide bonds. The number of nitrogens with one attached hydrogen (secondary N) is 1. The predicted octanol–water partition coefficient (Wildman–Crippen LogP) is 5.34. The third-order valence-electron chi connectivity index (χ3n) is 5.73. The third-order valence-corrected chi connectivity index (χ3v) is 6.85. The number of halogens is 1. The van der Waals surface area contributed by atoms with E-state index >= 15 is 0 Å². The number of nitriles is 1. The molecule has 3 aromatic rings. The average Bonchev–Trinajstić information content (AvgIpc) is 3.30. The van der Waals surface area contributed by atoms with Crippen molar-refractivity contribution >= 4 is 28.8 Å². The molecule has 0 aliphatic carbocycles. The fourth-order valence-corrected chi connectivity index (χ4v) is 5.27. The molecule has 0 spiro atoms. The minimum absolute atomic E-state index is 0.126. The Kier molecular flexibility index (Phi) is 6.66. The number of methoxy groups -OCH3 is 1. The van der Waals surface area contributed by atoms with Gasteiger partial charge < -0.3 is 15.0 Å². The topological polar surface area (TPSA) is 82.4 Å². The van der Waals surface area contributed by atoms with Gasteiger partial charge in [-0.1, -0.05) is 32.0 Å². The van der Waals surface area contributed by atoms with E-state index in [0.717, 1.165) is 10.9 Å². The van der Waals surface area contributed by atoms with E-state index in [1.165, 1.54) is 23.5 Å². The third kappa shape index (κ3) is 4.39. The summed E-state index contributed by atoms with van der Waals surface area (Å²) in [6.07, 6.45) is 0. The van der Waals surface area contributed by atoms with Crippen LogP contribution in [0.4, 0.5) is 10.1 Å². The van der Waals surface area contributed by atoms with Gasteiger partial charge in [-0.15, -0.1) is 11.3 Å². The summed E-state index contributed by atoms with van der Waals surface area (Å²) in [5.74, 6) is -1.66. The first-order valence-corrected chi connectivity index (χ1v) is 11.7. The van der Waals surface area contributed by atoms with Gasteiger partial charge in [-0.05, 0) is 47.9 Å². The Balaban J connectivity index is 1.83. The van der Waals surface area contributed by atoms with Gasteiger partial charge in [-0.25, -0.2) is 4.39 Å². The molecule has 0 unspecified atom stereocenters. The number of amides is 2. The SMILES string of the molecule is COc1ccc([C@@H]2[C@@H](C(=O)Nc3ccc(F)c(C#N)c3)c3ccccc3C(=O)N2CC(C)C)s1.